The summed E-state index contributed by atoms with van der Waals surface area (Å²) in [7, 11) is 0. The van der Waals surface area contributed by atoms with E-state index in [4.69, 9.17) is 0 Å². The molecule has 0 aromatic heterocycles. The van der Waals surface area contributed by atoms with Crippen molar-refractivity contribution in [2.24, 2.45) is 11.8 Å². The van der Waals surface area contributed by atoms with E-state index in [0.29, 0.717) is 6.04 Å². The second-order valence-corrected chi connectivity index (χ2v) is 7.00. The fourth-order valence-electron chi connectivity index (χ4n) is 2.94. The molecule has 1 aromatic carbocycles. The lowest BCUT2D eigenvalue weighted by Crippen LogP contribution is -2.19. The van der Waals surface area contributed by atoms with Crippen molar-refractivity contribution in [1.29, 1.82) is 0 Å². The van der Waals surface area contributed by atoms with Crippen molar-refractivity contribution < 1.29 is 0 Å². The van der Waals surface area contributed by atoms with Gasteiger partial charge in [-0.1, -0.05) is 38.8 Å². The minimum Gasteiger partial charge on any atom is -0.381 e. The van der Waals surface area contributed by atoms with Gasteiger partial charge in [0.15, 0.2) is 0 Å². The number of hydrogen-bond acceptors (Lipinski definition) is 1. The molecule has 0 bridgehead atoms. The maximum Gasteiger partial charge on any atom is 0.0478 e. The van der Waals surface area contributed by atoms with Crippen LogP contribution in [0.25, 0.3) is 0 Å². The van der Waals surface area contributed by atoms with E-state index in [1.807, 2.05) is 0 Å². The van der Waals surface area contributed by atoms with Crippen molar-refractivity contribution in [3.05, 3.63) is 27.8 Å². The topological polar surface area (TPSA) is 12.0 Å². The molecule has 1 nitrogen and oxygen atoms in total. The Morgan fingerprint density at radius 3 is 2.61 bits per heavy atom. The molecule has 0 amide bonds. The number of hydrogen-bond donors (Lipinski definition) is 1. The Morgan fingerprint density at radius 2 is 1.89 bits per heavy atom. The van der Waals surface area contributed by atoms with Crippen LogP contribution in [-0.4, -0.2) is 6.04 Å². The van der Waals surface area contributed by atoms with Crippen LogP contribution in [0.1, 0.15) is 46.0 Å². The average molecular weight is 357 g/mol. The van der Waals surface area contributed by atoms with Crippen molar-refractivity contribution in [2.45, 2.75) is 52.0 Å². The van der Waals surface area contributed by atoms with E-state index in [0.717, 1.165) is 11.8 Å². The number of nitrogens with one attached hydrogen (secondary N) is 1. The number of anilines is 1. The van der Waals surface area contributed by atoms with E-state index in [9.17, 15) is 0 Å². The molecule has 0 aliphatic heterocycles. The summed E-state index contributed by atoms with van der Waals surface area (Å²) in [6.45, 7) is 4.75. The summed E-state index contributed by atoms with van der Waals surface area (Å²) in [6, 6.07) is 9.28. The Morgan fingerprint density at radius 1 is 1.11 bits per heavy atom. The molecular formula is C16H24IN. The van der Waals surface area contributed by atoms with Crippen molar-refractivity contribution in [2.75, 3.05) is 5.32 Å². The minimum atomic E-state index is 0.671. The summed E-state index contributed by atoms with van der Waals surface area (Å²) in [5.74, 6) is 1.78. The van der Waals surface area contributed by atoms with Crippen LogP contribution in [-0.2, 0) is 0 Å². The lowest BCUT2D eigenvalue weighted by Gasteiger charge is -2.20. The molecule has 2 heteroatoms. The lowest BCUT2D eigenvalue weighted by molar-refractivity contribution is 0.341. The van der Waals surface area contributed by atoms with Gasteiger partial charge in [-0.25, -0.2) is 0 Å². The zero-order chi connectivity index (χ0) is 13.0. The molecule has 0 saturated heterocycles. The van der Waals surface area contributed by atoms with Gasteiger partial charge in [-0.3, -0.25) is 0 Å². The summed E-state index contributed by atoms with van der Waals surface area (Å²) in [5, 5.41) is 3.74. The van der Waals surface area contributed by atoms with Gasteiger partial charge in [-0.15, -0.1) is 0 Å². The number of para-hydroxylation sites is 1. The molecule has 1 aromatic rings. The highest BCUT2D eigenvalue weighted by Crippen LogP contribution is 2.30. The number of halogens is 1. The van der Waals surface area contributed by atoms with Crippen LogP contribution in [0, 0.1) is 15.4 Å². The first-order valence-electron chi connectivity index (χ1n) is 7.18. The Balaban J connectivity index is 1.93. The first-order chi connectivity index (χ1) is 8.66. The molecule has 1 N–H and O–H groups in total. The van der Waals surface area contributed by atoms with Crippen molar-refractivity contribution in [1.82, 2.24) is 0 Å². The van der Waals surface area contributed by atoms with E-state index < -0.39 is 0 Å². The third-order valence-corrected chi connectivity index (χ3v) is 5.13. The molecular weight excluding hydrogens is 333 g/mol. The maximum absolute atomic E-state index is 3.74. The molecule has 2 atom stereocenters. The summed E-state index contributed by atoms with van der Waals surface area (Å²) in [4.78, 5) is 0. The molecule has 18 heavy (non-hydrogen) atoms. The van der Waals surface area contributed by atoms with Gasteiger partial charge in [0.2, 0.25) is 0 Å². The van der Waals surface area contributed by atoms with Gasteiger partial charge in [-0.05, 0) is 65.8 Å². The summed E-state index contributed by atoms with van der Waals surface area (Å²) >= 11 is 2.42. The van der Waals surface area contributed by atoms with E-state index in [1.165, 1.54) is 41.4 Å². The highest BCUT2D eigenvalue weighted by molar-refractivity contribution is 14.1. The Bertz CT molecular complexity index is 375. The molecule has 2 rings (SSSR count). The van der Waals surface area contributed by atoms with Crippen molar-refractivity contribution in [3.8, 4) is 0 Å². The van der Waals surface area contributed by atoms with Crippen molar-refractivity contribution >= 4 is 28.3 Å². The third-order valence-electron chi connectivity index (χ3n) is 4.19. The fraction of sp³-hybridized carbons (Fsp3) is 0.625. The van der Waals surface area contributed by atoms with E-state index >= 15 is 0 Å². The second-order valence-electron chi connectivity index (χ2n) is 5.83. The van der Waals surface area contributed by atoms with Crippen LogP contribution in [0.3, 0.4) is 0 Å². The molecule has 1 saturated carbocycles. The highest BCUT2D eigenvalue weighted by Gasteiger charge is 2.21. The maximum atomic E-state index is 3.74. The smallest absolute Gasteiger partial charge is 0.0478 e. The first-order valence-corrected chi connectivity index (χ1v) is 8.25. The summed E-state index contributed by atoms with van der Waals surface area (Å²) in [6.07, 6.45) is 6.84. The Hall–Kier alpha value is -0.250. The van der Waals surface area contributed by atoms with Gasteiger partial charge >= 0.3 is 0 Å². The molecule has 1 aliphatic rings. The van der Waals surface area contributed by atoms with Crippen LogP contribution < -0.4 is 5.32 Å². The third kappa shape index (κ3) is 3.87. The highest BCUT2D eigenvalue weighted by atomic mass is 127. The monoisotopic (exact) mass is 357 g/mol. The SMILES string of the molecule is CC(C)C1CCCC(Nc2ccccc2I)CC1. The number of benzene rings is 1. The molecule has 0 heterocycles. The quantitative estimate of drug-likeness (QED) is 0.571. The predicted molar refractivity (Wildman–Crippen MR) is 88.0 cm³/mol. The van der Waals surface area contributed by atoms with Gasteiger partial charge in [0.1, 0.15) is 0 Å². The average Bonchev–Trinajstić information content (AvgIpc) is 2.58. The van der Waals surface area contributed by atoms with Gasteiger partial charge in [0, 0.05) is 15.3 Å². The fourth-order valence-corrected chi connectivity index (χ4v) is 3.48. The second kappa shape index (κ2) is 6.78. The van der Waals surface area contributed by atoms with Crippen LogP contribution in [0.4, 0.5) is 5.69 Å². The zero-order valence-electron chi connectivity index (χ0n) is 11.5. The van der Waals surface area contributed by atoms with E-state index in [2.05, 4.69) is 66.0 Å². The van der Waals surface area contributed by atoms with Crippen LogP contribution >= 0.6 is 22.6 Å². The molecule has 0 radical (unpaired) electrons. The first kappa shape index (κ1) is 14.2. The Kier molecular flexibility index (Phi) is 5.34. The molecule has 1 fully saturated rings. The lowest BCUT2D eigenvalue weighted by atomic mass is 9.89. The van der Waals surface area contributed by atoms with Crippen LogP contribution in [0.15, 0.2) is 24.3 Å². The molecule has 2 unspecified atom stereocenters. The van der Waals surface area contributed by atoms with Crippen molar-refractivity contribution in [3.63, 3.8) is 0 Å². The zero-order valence-corrected chi connectivity index (χ0v) is 13.6. The largest absolute Gasteiger partial charge is 0.381 e. The summed E-state index contributed by atoms with van der Waals surface area (Å²) < 4.78 is 1.33. The van der Waals surface area contributed by atoms with E-state index in [-0.39, 0.29) is 0 Å². The van der Waals surface area contributed by atoms with Gasteiger partial charge in [-0.2, -0.15) is 0 Å². The molecule has 1 aliphatic carbocycles. The van der Waals surface area contributed by atoms with E-state index in [1.54, 1.807) is 0 Å². The Labute approximate surface area is 125 Å². The predicted octanol–water partition coefficient (Wildman–Crippen LogP) is 5.31. The van der Waals surface area contributed by atoms with Gasteiger partial charge in [0.25, 0.3) is 0 Å². The summed E-state index contributed by atoms with van der Waals surface area (Å²) in [5.41, 5.74) is 1.31. The minimum absolute atomic E-state index is 0.671. The molecule has 100 valence electrons. The van der Waals surface area contributed by atoms with Gasteiger partial charge < -0.3 is 5.32 Å². The van der Waals surface area contributed by atoms with Crippen LogP contribution in [0.2, 0.25) is 0 Å². The normalized spacial score (nSPS) is 24.9. The van der Waals surface area contributed by atoms with Crippen LogP contribution in [0.5, 0.6) is 0 Å². The number of rotatable bonds is 3. The van der Waals surface area contributed by atoms with Gasteiger partial charge in [0.05, 0.1) is 0 Å². The molecule has 0 spiro atoms. The standard InChI is InChI=1S/C16H24IN/c1-12(2)13-6-5-7-14(11-10-13)18-16-9-4-3-8-15(16)17/h3-4,8-9,12-14,18H,5-7,10-11H2,1-2H3.